The third kappa shape index (κ3) is 2.67. The Morgan fingerprint density at radius 1 is 1.05 bits per heavy atom. The van der Waals surface area contributed by atoms with E-state index in [0.717, 1.165) is 5.56 Å². The predicted octanol–water partition coefficient (Wildman–Crippen LogP) is 2.39. The van der Waals surface area contributed by atoms with Gasteiger partial charge in [0.15, 0.2) is 5.82 Å². The molecule has 0 aliphatic rings. The Morgan fingerprint density at radius 3 is 2.55 bits per heavy atom. The molecule has 0 saturated heterocycles. The van der Waals surface area contributed by atoms with Crippen molar-refractivity contribution >= 4 is 5.97 Å². The van der Waals surface area contributed by atoms with Gasteiger partial charge in [0.25, 0.3) is 0 Å². The Morgan fingerprint density at radius 2 is 1.86 bits per heavy atom. The van der Waals surface area contributed by atoms with Crippen LogP contribution in [0.25, 0.3) is 22.8 Å². The third-order valence-electron chi connectivity index (χ3n) is 3.04. The van der Waals surface area contributed by atoms with Gasteiger partial charge in [-0.25, -0.2) is 14.8 Å². The first-order chi connectivity index (χ1) is 10.8. The molecule has 3 heterocycles. The Balaban J connectivity index is 2.17. The molecule has 0 bridgehead atoms. The summed E-state index contributed by atoms with van der Waals surface area (Å²) in [4.78, 5) is 28.8. The molecule has 3 aromatic heterocycles. The Labute approximate surface area is 126 Å². The molecule has 0 aliphatic heterocycles. The molecular weight excluding hydrogens is 280 g/mol. The van der Waals surface area contributed by atoms with Crippen LogP contribution in [0.1, 0.15) is 10.4 Å². The van der Waals surface area contributed by atoms with Gasteiger partial charge in [0, 0.05) is 30.4 Å². The molecule has 6 heteroatoms. The maximum Gasteiger partial charge on any atom is 0.341 e. The van der Waals surface area contributed by atoms with Crippen molar-refractivity contribution < 1.29 is 9.53 Å². The summed E-state index contributed by atoms with van der Waals surface area (Å²) in [5.74, 6) is -0.0422. The molecule has 108 valence electrons. The van der Waals surface area contributed by atoms with Crippen molar-refractivity contribution in [1.29, 1.82) is 0 Å². The maximum atomic E-state index is 11.9. The smallest absolute Gasteiger partial charge is 0.341 e. The van der Waals surface area contributed by atoms with Gasteiger partial charge >= 0.3 is 5.97 Å². The number of carbonyl (C=O) groups is 1. The molecule has 6 nitrogen and oxygen atoms in total. The molecule has 0 aliphatic carbocycles. The second-order valence-electron chi connectivity index (χ2n) is 4.40. The van der Waals surface area contributed by atoms with Gasteiger partial charge in [-0.3, -0.25) is 9.97 Å². The van der Waals surface area contributed by atoms with Crippen LogP contribution in [0.4, 0.5) is 0 Å². The molecule has 3 rings (SSSR count). The quantitative estimate of drug-likeness (QED) is 0.690. The minimum atomic E-state index is -0.487. The van der Waals surface area contributed by atoms with E-state index in [1.54, 1.807) is 30.7 Å². The summed E-state index contributed by atoms with van der Waals surface area (Å²) < 4.78 is 4.79. The summed E-state index contributed by atoms with van der Waals surface area (Å²) >= 11 is 0. The molecule has 0 spiro atoms. The van der Waals surface area contributed by atoms with E-state index < -0.39 is 5.97 Å². The number of hydrogen-bond donors (Lipinski definition) is 0. The van der Waals surface area contributed by atoms with Crippen molar-refractivity contribution in [2.24, 2.45) is 0 Å². The summed E-state index contributed by atoms with van der Waals surface area (Å²) in [5, 5.41) is 0. The molecule has 0 saturated carbocycles. The molecule has 22 heavy (non-hydrogen) atoms. The molecular formula is C16H12N4O2. The lowest BCUT2D eigenvalue weighted by Crippen LogP contribution is -2.07. The fraction of sp³-hybridized carbons (Fsp3) is 0.0625. The number of aromatic nitrogens is 4. The Bertz CT molecular complexity index is 792. The fourth-order valence-electron chi connectivity index (χ4n) is 1.99. The number of ether oxygens (including phenoxy) is 1. The number of carbonyl (C=O) groups excluding carboxylic acids is 1. The maximum absolute atomic E-state index is 11.9. The number of rotatable bonds is 3. The molecule has 0 fully saturated rings. The van der Waals surface area contributed by atoms with Gasteiger partial charge in [-0.15, -0.1) is 0 Å². The zero-order valence-electron chi connectivity index (χ0n) is 11.8. The second-order valence-corrected chi connectivity index (χ2v) is 4.40. The molecule has 3 aromatic rings. The molecule has 0 N–H and O–H groups in total. The van der Waals surface area contributed by atoms with E-state index in [1.807, 2.05) is 18.2 Å². The number of nitrogens with zero attached hydrogens (tertiary/aromatic N) is 4. The van der Waals surface area contributed by atoms with Gasteiger partial charge in [0.1, 0.15) is 11.3 Å². The van der Waals surface area contributed by atoms with Crippen LogP contribution in [0.5, 0.6) is 0 Å². The number of pyridine rings is 2. The van der Waals surface area contributed by atoms with E-state index in [2.05, 4.69) is 19.9 Å². The summed E-state index contributed by atoms with van der Waals surface area (Å²) in [6, 6.07) is 9.03. The first kappa shape index (κ1) is 13.8. The number of methoxy groups -OCH3 is 1. The standard InChI is InChI=1S/C16H12N4O2/c1-22-16(21)12-10-19-15(13-4-2-3-7-18-13)20-14(12)11-5-8-17-9-6-11/h2-10H,1H3. The summed E-state index contributed by atoms with van der Waals surface area (Å²) in [5.41, 5.74) is 2.18. The van der Waals surface area contributed by atoms with E-state index in [1.165, 1.54) is 13.3 Å². The highest BCUT2D eigenvalue weighted by Gasteiger charge is 2.17. The lowest BCUT2D eigenvalue weighted by Gasteiger charge is -2.08. The van der Waals surface area contributed by atoms with E-state index in [4.69, 9.17) is 4.74 Å². The first-order valence-corrected chi connectivity index (χ1v) is 6.57. The Hall–Kier alpha value is -3.15. The monoisotopic (exact) mass is 292 g/mol. The van der Waals surface area contributed by atoms with Crippen molar-refractivity contribution in [1.82, 2.24) is 19.9 Å². The molecule has 0 atom stereocenters. The van der Waals surface area contributed by atoms with Crippen LogP contribution in [0, 0.1) is 0 Å². The summed E-state index contributed by atoms with van der Waals surface area (Å²) in [6.45, 7) is 0. The number of hydrogen-bond acceptors (Lipinski definition) is 6. The summed E-state index contributed by atoms with van der Waals surface area (Å²) in [7, 11) is 1.32. The number of esters is 1. The van der Waals surface area contributed by atoms with Gasteiger partial charge in [0.05, 0.1) is 12.8 Å². The highest BCUT2D eigenvalue weighted by atomic mass is 16.5. The molecule has 0 radical (unpaired) electrons. The van der Waals surface area contributed by atoms with E-state index >= 15 is 0 Å². The van der Waals surface area contributed by atoms with Crippen LogP contribution in [0.15, 0.2) is 55.1 Å². The van der Waals surface area contributed by atoms with Gasteiger partial charge in [-0.1, -0.05) is 6.07 Å². The molecule has 0 amide bonds. The average molecular weight is 292 g/mol. The minimum Gasteiger partial charge on any atom is -0.465 e. The van der Waals surface area contributed by atoms with Crippen LogP contribution in [0.2, 0.25) is 0 Å². The first-order valence-electron chi connectivity index (χ1n) is 6.57. The summed E-state index contributed by atoms with van der Waals surface area (Å²) in [6.07, 6.45) is 6.40. The van der Waals surface area contributed by atoms with E-state index in [0.29, 0.717) is 22.8 Å². The SMILES string of the molecule is COC(=O)c1cnc(-c2ccccn2)nc1-c1ccncc1. The van der Waals surface area contributed by atoms with Crippen molar-refractivity contribution in [3.05, 3.63) is 60.7 Å². The van der Waals surface area contributed by atoms with E-state index in [-0.39, 0.29) is 0 Å². The van der Waals surface area contributed by atoms with Gasteiger partial charge in [-0.2, -0.15) is 0 Å². The fourth-order valence-corrected chi connectivity index (χ4v) is 1.99. The Kier molecular flexibility index (Phi) is 3.82. The lowest BCUT2D eigenvalue weighted by atomic mass is 10.1. The van der Waals surface area contributed by atoms with Crippen LogP contribution in [-0.2, 0) is 4.74 Å². The third-order valence-corrected chi connectivity index (χ3v) is 3.04. The van der Waals surface area contributed by atoms with Crippen LogP contribution in [0.3, 0.4) is 0 Å². The van der Waals surface area contributed by atoms with Crippen molar-refractivity contribution in [2.75, 3.05) is 7.11 Å². The molecule has 0 unspecified atom stereocenters. The lowest BCUT2D eigenvalue weighted by molar-refractivity contribution is 0.0601. The van der Waals surface area contributed by atoms with Crippen LogP contribution in [-0.4, -0.2) is 33.0 Å². The predicted molar refractivity (Wildman–Crippen MR) is 79.8 cm³/mol. The zero-order valence-corrected chi connectivity index (χ0v) is 11.8. The normalized spacial score (nSPS) is 10.2. The average Bonchev–Trinajstić information content (AvgIpc) is 2.62. The highest BCUT2D eigenvalue weighted by molar-refractivity contribution is 5.96. The van der Waals surface area contributed by atoms with Gasteiger partial charge < -0.3 is 4.74 Å². The van der Waals surface area contributed by atoms with Crippen molar-refractivity contribution in [3.63, 3.8) is 0 Å². The highest BCUT2D eigenvalue weighted by Crippen LogP contribution is 2.23. The van der Waals surface area contributed by atoms with Gasteiger partial charge in [0.2, 0.25) is 0 Å². The van der Waals surface area contributed by atoms with E-state index in [9.17, 15) is 4.79 Å². The van der Waals surface area contributed by atoms with Crippen molar-refractivity contribution in [3.8, 4) is 22.8 Å². The minimum absolute atomic E-state index is 0.299. The second kappa shape index (κ2) is 6.09. The van der Waals surface area contributed by atoms with Crippen molar-refractivity contribution in [2.45, 2.75) is 0 Å². The van der Waals surface area contributed by atoms with Crippen LogP contribution < -0.4 is 0 Å². The molecule has 0 aromatic carbocycles. The topological polar surface area (TPSA) is 77.9 Å². The zero-order chi connectivity index (χ0) is 15.4. The largest absolute Gasteiger partial charge is 0.465 e. The van der Waals surface area contributed by atoms with Crippen LogP contribution >= 0.6 is 0 Å². The van der Waals surface area contributed by atoms with Gasteiger partial charge in [-0.05, 0) is 24.3 Å².